The first-order valence-corrected chi connectivity index (χ1v) is 8.16. The summed E-state index contributed by atoms with van der Waals surface area (Å²) in [5, 5.41) is 12.8. The van der Waals surface area contributed by atoms with Gasteiger partial charge in [0.2, 0.25) is 0 Å². The van der Waals surface area contributed by atoms with Crippen LogP contribution in [0.3, 0.4) is 0 Å². The van der Waals surface area contributed by atoms with Crippen molar-refractivity contribution < 1.29 is 9.52 Å². The third-order valence-corrected chi connectivity index (χ3v) is 5.07. The summed E-state index contributed by atoms with van der Waals surface area (Å²) in [5.41, 5.74) is 0. The fraction of sp³-hybridized carbons (Fsp3) is 0.467. The average molecular weight is 312 g/mol. The van der Waals surface area contributed by atoms with E-state index in [0.29, 0.717) is 11.1 Å². The van der Waals surface area contributed by atoms with Gasteiger partial charge in [-0.15, -0.1) is 11.3 Å². The zero-order valence-corrected chi connectivity index (χ0v) is 12.7. The molecule has 5 heteroatoms. The van der Waals surface area contributed by atoms with Crippen molar-refractivity contribution in [3.05, 3.63) is 45.5 Å². The molecule has 1 aliphatic heterocycles. The van der Waals surface area contributed by atoms with Crippen molar-refractivity contribution in [1.82, 2.24) is 4.90 Å². The Morgan fingerprint density at radius 2 is 2.15 bits per heavy atom. The molecule has 0 aromatic carbocycles. The van der Waals surface area contributed by atoms with Crippen LogP contribution in [0.4, 0.5) is 0 Å². The van der Waals surface area contributed by atoms with Crippen molar-refractivity contribution in [3.8, 4) is 0 Å². The first-order valence-electron chi connectivity index (χ1n) is 6.90. The van der Waals surface area contributed by atoms with Crippen LogP contribution in [0.25, 0.3) is 0 Å². The van der Waals surface area contributed by atoms with Crippen LogP contribution in [0.5, 0.6) is 0 Å². The van der Waals surface area contributed by atoms with Gasteiger partial charge in [0.05, 0.1) is 12.6 Å². The van der Waals surface area contributed by atoms with Crippen LogP contribution >= 0.6 is 22.9 Å². The van der Waals surface area contributed by atoms with Gasteiger partial charge in [-0.05, 0) is 67.0 Å². The molecule has 0 radical (unpaired) electrons. The summed E-state index contributed by atoms with van der Waals surface area (Å²) < 4.78 is 5.40. The second-order valence-electron chi connectivity index (χ2n) is 5.28. The van der Waals surface area contributed by atoms with Crippen LogP contribution in [-0.4, -0.2) is 23.1 Å². The summed E-state index contributed by atoms with van der Waals surface area (Å²) in [5.74, 6) is 1.28. The lowest BCUT2D eigenvalue weighted by atomic mass is 9.90. The van der Waals surface area contributed by atoms with E-state index in [1.54, 1.807) is 17.4 Å². The minimum atomic E-state index is -0.310. The van der Waals surface area contributed by atoms with Crippen LogP contribution < -0.4 is 0 Å². The van der Waals surface area contributed by atoms with Gasteiger partial charge < -0.3 is 9.52 Å². The number of hydrogen-bond acceptors (Lipinski definition) is 4. The molecule has 0 spiro atoms. The summed E-state index contributed by atoms with van der Waals surface area (Å²) in [6, 6.07) is 7.73. The molecular weight excluding hydrogens is 294 g/mol. The zero-order chi connectivity index (χ0) is 13.9. The van der Waals surface area contributed by atoms with Gasteiger partial charge >= 0.3 is 0 Å². The highest BCUT2D eigenvalue weighted by atomic mass is 35.5. The van der Waals surface area contributed by atoms with Gasteiger partial charge in [-0.3, -0.25) is 4.90 Å². The number of rotatable bonds is 4. The largest absolute Gasteiger partial charge is 0.448 e. The molecule has 2 aromatic heterocycles. The highest BCUT2D eigenvalue weighted by Gasteiger charge is 2.27. The van der Waals surface area contributed by atoms with E-state index < -0.39 is 0 Å². The Bertz CT molecular complexity index is 532. The molecule has 2 aromatic rings. The lowest BCUT2D eigenvalue weighted by molar-refractivity contribution is 0.0572. The average Bonchev–Trinajstić information content (AvgIpc) is 3.11. The lowest BCUT2D eigenvalue weighted by Crippen LogP contribution is -2.35. The third-order valence-electron chi connectivity index (χ3n) is 3.92. The SMILES string of the molecule is OC(c1cccs1)C1CCN(Cc2ccc(Cl)o2)CC1. The Balaban J connectivity index is 1.52. The maximum Gasteiger partial charge on any atom is 0.193 e. The van der Waals surface area contributed by atoms with E-state index in [2.05, 4.69) is 4.90 Å². The number of aliphatic hydroxyl groups is 1. The van der Waals surface area contributed by atoms with E-state index in [0.717, 1.165) is 43.1 Å². The topological polar surface area (TPSA) is 36.6 Å². The summed E-state index contributed by atoms with van der Waals surface area (Å²) in [7, 11) is 0. The molecule has 1 fully saturated rings. The van der Waals surface area contributed by atoms with E-state index in [-0.39, 0.29) is 6.10 Å². The van der Waals surface area contributed by atoms with E-state index in [4.69, 9.17) is 16.0 Å². The van der Waals surface area contributed by atoms with Crippen molar-refractivity contribution >= 4 is 22.9 Å². The smallest absolute Gasteiger partial charge is 0.193 e. The molecule has 1 saturated heterocycles. The second kappa shape index (κ2) is 6.31. The molecular formula is C15H18ClNO2S. The van der Waals surface area contributed by atoms with Crippen molar-refractivity contribution in [2.45, 2.75) is 25.5 Å². The number of thiophene rings is 1. The van der Waals surface area contributed by atoms with Crippen LogP contribution in [0, 0.1) is 5.92 Å². The highest BCUT2D eigenvalue weighted by Crippen LogP contribution is 2.33. The minimum Gasteiger partial charge on any atom is -0.448 e. The van der Waals surface area contributed by atoms with Crippen molar-refractivity contribution in [3.63, 3.8) is 0 Å². The summed E-state index contributed by atoms with van der Waals surface area (Å²) in [6.07, 6.45) is 1.73. The van der Waals surface area contributed by atoms with Gasteiger partial charge in [-0.2, -0.15) is 0 Å². The summed E-state index contributed by atoms with van der Waals surface area (Å²) in [6.45, 7) is 2.78. The molecule has 1 aliphatic rings. The van der Waals surface area contributed by atoms with Gasteiger partial charge in [0.25, 0.3) is 0 Å². The van der Waals surface area contributed by atoms with Crippen molar-refractivity contribution in [2.75, 3.05) is 13.1 Å². The Labute approximate surface area is 127 Å². The number of nitrogens with zero attached hydrogens (tertiary/aromatic N) is 1. The first-order chi connectivity index (χ1) is 9.72. The molecule has 0 bridgehead atoms. The molecule has 3 nitrogen and oxygen atoms in total. The number of aliphatic hydroxyl groups excluding tert-OH is 1. The Kier molecular flexibility index (Phi) is 4.46. The normalized spacial score (nSPS) is 19.3. The predicted molar refractivity (Wildman–Crippen MR) is 81.0 cm³/mol. The number of piperidine rings is 1. The molecule has 0 aliphatic carbocycles. The number of furan rings is 1. The van der Waals surface area contributed by atoms with Crippen LogP contribution in [-0.2, 0) is 6.54 Å². The maximum absolute atomic E-state index is 10.4. The molecule has 3 rings (SSSR count). The molecule has 1 unspecified atom stereocenters. The van der Waals surface area contributed by atoms with Crippen molar-refractivity contribution in [1.29, 1.82) is 0 Å². The number of halogens is 1. The monoisotopic (exact) mass is 311 g/mol. The second-order valence-corrected chi connectivity index (χ2v) is 6.63. The van der Waals surface area contributed by atoms with E-state index >= 15 is 0 Å². The van der Waals surface area contributed by atoms with Crippen LogP contribution in [0.2, 0.25) is 5.22 Å². The van der Waals surface area contributed by atoms with Crippen LogP contribution in [0.1, 0.15) is 29.6 Å². The van der Waals surface area contributed by atoms with Gasteiger partial charge in [0.15, 0.2) is 5.22 Å². The Morgan fingerprint density at radius 3 is 2.75 bits per heavy atom. The lowest BCUT2D eigenvalue weighted by Gasteiger charge is -2.33. The molecule has 0 amide bonds. The van der Waals surface area contributed by atoms with Gasteiger partial charge in [-0.25, -0.2) is 0 Å². The molecule has 20 heavy (non-hydrogen) atoms. The fourth-order valence-electron chi connectivity index (χ4n) is 2.78. The van der Waals surface area contributed by atoms with Gasteiger partial charge in [0, 0.05) is 4.88 Å². The van der Waals surface area contributed by atoms with Gasteiger partial charge in [-0.1, -0.05) is 6.07 Å². The molecule has 108 valence electrons. The fourth-order valence-corrected chi connectivity index (χ4v) is 3.74. The standard InChI is InChI=1S/C15H18ClNO2S/c16-14-4-3-12(19-14)10-17-7-5-11(6-8-17)15(18)13-2-1-9-20-13/h1-4,9,11,15,18H,5-8,10H2. The Hall–Kier alpha value is -0.810. The molecule has 1 atom stereocenters. The van der Waals surface area contributed by atoms with E-state index in [1.165, 1.54) is 0 Å². The summed E-state index contributed by atoms with van der Waals surface area (Å²) >= 11 is 7.42. The van der Waals surface area contributed by atoms with Crippen LogP contribution in [0.15, 0.2) is 34.1 Å². The van der Waals surface area contributed by atoms with E-state index in [1.807, 2.05) is 23.6 Å². The molecule has 0 saturated carbocycles. The first kappa shape index (κ1) is 14.1. The van der Waals surface area contributed by atoms with E-state index in [9.17, 15) is 5.11 Å². The van der Waals surface area contributed by atoms with Gasteiger partial charge in [0.1, 0.15) is 5.76 Å². The Morgan fingerprint density at radius 1 is 1.35 bits per heavy atom. The quantitative estimate of drug-likeness (QED) is 0.929. The minimum absolute atomic E-state index is 0.310. The number of likely N-dealkylation sites (tertiary alicyclic amines) is 1. The number of hydrogen-bond donors (Lipinski definition) is 1. The van der Waals surface area contributed by atoms with Crippen molar-refractivity contribution in [2.24, 2.45) is 5.92 Å². The third kappa shape index (κ3) is 3.26. The summed E-state index contributed by atoms with van der Waals surface area (Å²) in [4.78, 5) is 3.44. The maximum atomic E-state index is 10.4. The zero-order valence-electron chi connectivity index (χ0n) is 11.2. The molecule has 1 N–H and O–H groups in total. The highest BCUT2D eigenvalue weighted by molar-refractivity contribution is 7.10. The predicted octanol–water partition coefficient (Wildman–Crippen LogP) is 3.94. The molecule has 3 heterocycles.